The largest absolute Gasteiger partial charge is 0.481 e. The Morgan fingerprint density at radius 1 is 0.896 bits per heavy atom. The van der Waals surface area contributed by atoms with Crippen molar-refractivity contribution in [2.24, 2.45) is 5.92 Å². The molecule has 1 aliphatic carbocycles. The van der Waals surface area contributed by atoms with Crippen LogP contribution in [-0.4, -0.2) is 65.9 Å². The summed E-state index contributed by atoms with van der Waals surface area (Å²) in [6, 6.07) is 26.4. The third-order valence-corrected chi connectivity index (χ3v) is 9.19. The summed E-state index contributed by atoms with van der Waals surface area (Å²) in [4.78, 5) is 45.3. The van der Waals surface area contributed by atoms with Crippen LogP contribution in [0.4, 0.5) is 15.8 Å². The summed E-state index contributed by atoms with van der Waals surface area (Å²) < 4.78 is 13.8. The second-order valence-corrected chi connectivity index (χ2v) is 13.0. The molecule has 2 fully saturated rings. The highest BCUT2D eigenvalue weighted by molar-refractivity contribution is 6.06. The van der Waals surface area contributed by atoms with Crippen molar-refractivity contribution in [3.63, 3.8) is 0 Å². The number of carboxylic acid groups (broad SMARTS) is 1. The zero-order valence-corrected chi connectivity index (χ0v) is 27.4. The lowest BCUT2D eigenvalue weighted by molar-refractivity contribution is -0.142. The number of nitrogens with one attached hydrogen (secondary N) is 1. The average molecular weight is 649 g/mol. The molecule has 48 heavy (non-hydrogen) atoms. The van der Waals surface area contributed by atoms with Crippen LogP contribution in [0.5, 0.6) is 0 Å². The lowest BCUT2D eigenvalue weighted by Crippen LogP contribution is -2.44. The molecule has 8 nitrogen and oxygen atoms in total. The number of benzene rings is 4. The molecule has 2 N–H and O–H groups in total. The van der Waals surface area contributed by atoms with Crippen molar-refractivity contribution >= 4 is 29.2 Å². The molecule has 0 radical (unpaired) electrons. The van der Waals surface area contributed by atoms with E-state index in [1.807, 2.05) is 67.6 Å². The van der Waals surface area contributed by atoms with Crippen molar-refractivity contribution in [3.8, 4) is 11.1 Å². The van der Waals surface area contributed by atoms with Crippen molar-refractivity contribution in [1.82, 2.24) is 9.80 Å². The number of piperazine rings is 1. The van der Waals surface area contributed by atoms with E-state index >= 15 is 0 Å². The number of amides is 2. The fourth-order valence-electron chi connectivity index (χ4n) is 6.33. The number of rotatable bonds is 11. The summed E-state index contributed by atoms with van der Waals surface area (Å²) in [5.74, 6) is -1.86. The molecular weight excluding hydrogens is 607 g/mol. The van der Waals surface area contributed by atoms with Gasteiger partial charge in [0, 0.05) is 44.2 Å². The van der Waals surface area contributed by atoms with Crippen LogP contribution in [0.3, 0.4) is 0 Å². The van der Waals surface area contributed by atoms with E-state index in [0.29, 0.717) is 11.1 Å². The fraction of sp³-hybridized carbons (Fsp3) is 0.308. The maximum Gasteiger partial charge on any atom is 0.305 e. The first-order chi connectivity index (χ1) is 23.1. The van der Waals surface area contributed by atoms with E-state index in [1.54, 1.807) is 17.0 Å². The monoisotopic (exact) mass is 648 g/mol. The average Bonchev–Trinajstić information content (AvgIpc) is 3.93. The summed E-state index contributed by atoms with van der Waals surface area (Å²) in [5, 5.41) is 13.0. The Kier molecular flexibility index (Phi) is 9.87. The standard InChI is InChI=1S/C39H41FN4O4/c1-26-5-3-8-32(21-26)38(47)41-34-23-31(13-16-35(34)43-19-17-42(2)18-20-43)30-7-4-6-27(22-30)25-44(39(48)29-9-10-29)36(24-37(45)46)28-11-14-33(40)15-12-28/h3-8,11-16,21-23,29,36H,9-10,17-20,24-25H2,1-2H3,(H,41,47)(H,45,46). The summed E-state index contributed by atoms with van der Waals surface area (Å²) in [7, 11) is 2.11. The topological polar surface area (TPSA) is 93.2 Å². The number of hydrogen-bond donors (Lipinski definition) is 2. The number of likely N-dealkylation sites (N-methyl/N-ethyl adjacent to an activating group) is 1. The molecule has 1 heterocycles. The molecule has 1 aliphatic heterocycles. The Hall–Kier alpha value is -5.02. The summed E-state index contributed by atoms with van der Waals surface area (Å²) in [5.41, 5.74) is 6.49. The highest BCUT2D eigenvalue weighted by Gasteiger charge is 2.37. The minimum atomic E-state index is -1.03. The maximum atomic E-state index is 13.8. The molecule has 4 aromatic rings. The zero-order valence-electron chi connectivity index (χ0n) is 27.4. The van der Waals surface area contributed by atoms with Gasteiger partial charge in [-0.1, -0.05) is 54.1 Å². The van der Waals surface area contributed by atoms with Gasteiger partial charge in [0.25, 0.3) is 5.91 Å². The van der Waals surface area contributed by atoms with Gasteiger partial charge in [0.1, 0.15) is 5.82 Å². The molecule has 0 spiro atoms. The van der Waals surface area contributed by atoms with Gasteiger partial charge in [0.05, 0.1) is 23.8 Å². The number of aliphatic carboxylic acids is 1. The molecule has 0 aromatic heterocycles. The molecule has 1 unspecified atom stereocenters. The summed E-state index contributed by atoms with van der Waals surface area (Å²) >= 11 is 0. The van der Waals surface area contributed by atoms with E-state index in [9.17, 15) is 23.9 Å². The first kappa shape index (κ1) is 32.9. The van der Waals surface area contributed by atoms with Crippen LogP contribution in [0.2, 0.25) is 0 Å². The van der Waals surface area contributed by atoms with Gasteiger partial charge < -0.3 is 25.1 Å². The molecule has 1 saturated carbocycles. The van der Waals surface area contributed by atoms with Gasteiger partial charge in [-0.25, -0.2) is 4.39 Å². The van der Waals surface area contributed by atoms with Crippen molar-refractivity contribution in [1.29, 1.82) is 0 Å². The molecule has 1 saturated heterocycles. The molecule has 0 bridgehead atoms. The minimum absolute atomic E-state index is 0.0892. The quantitative estimate of drug-likeness (QED) is 0.187. The second-order valence-electron chi connectivity index (χ2n) is 13.0. The van der Waals surface area contributed by atoms with Gasteiger partial charge >= 0.3 is 5.97 Å². The third kappa shape index (κ3) is 7.91. The first-order valence-electron chi connectivity index (χ1n) is 16.5. The maximum absolute atomic E-state index is 13.8. The normalized spacial score (nSPS) is 15.5. The van der Waals surface area contributed by atoms with Gasteiger partial charge in [-0.15, -0.1) is 0 Å². The lowest BCUT2D eigenvalue weighted by Gasteiger charge is -2.35. The molecule has 2 amide bonds. The zero-order chi connectivity index (χ0) is 33.8. The van der Waals surface area contributed by atoms with Crippen molar-refractivity contribution in [2.45, 2.75) is 38.8 Å². The fourth-order valence-corrected chi connectivity index (χ4v) is 6.33. The third-order valence-electron chi connectivity index (χ3n) is 9.19. The number of carbonyl (C=O) groups is 3. The van der Waals surface area contributed by atoms with Crippen molar-refractivity contribution in [3.05, 3.63) is 119 Å². The predicted molar refractivity (Wildman–Crippen MR) is 185 cm³/mol. The second kappa shape index (κ2) is 14.4. The van der Waals surface area contributed by atoms with Crippen LogP contribution >= 0.6 is 0 Å². The van der Waals surface area contributed by atoms with E-state index in [-0.39, 0.29) is 30.7 Å². The van der Waals surface area contributed by atoms with E-state index in [1.165, 1.54) is 12.1 Å². The van der Waals surface area contributed by atoms with Gasteiger partial charge in [-0.05, 0) is 91.5 Å². The van der Waals surface area contributed by atoms with Gasteiger partial charge in [0.15, 0.2) is 0 Å². The van der Waals surface area contributed by atoms with Crippen LogP contribution in [0, 0.1) is 18.7 Å². The number of hydrogen-bond acceptors (Lipinski definition) is 5. The van der Waals surface area contributed by atoms with Gasteiger partial charge in [-0.2, -0.15) is 0 Å². The lowest BCUT2D eigenvalue weighted by atomic mass is 9.98. The Morgan fingerprint density at radius 2 is 1.60 bits per heavy atom. The van der Waals surface area contributed by atoms with Crippen LogP contribution < -0.4 is 10.2 Å². The molecular formula is C39H41FN4O4. The molecule has 6 rings (SSSR count). The van der Waals surface area contributed by atoms with E-state index in [0.717, 1.165) is 72.6 Å². The summed E-state index contributed by atoms with van der Waals surface area (Å²) in [6.07, 6.45) is 1.26. The first-order valence-corrected chi connectivity index (χ1v) is 16.5. The van der Waals surface area contributed by atoms with Crippen LogP contribution in [0.1, 0.15) is 52.4 Å². The number of anilines is 2. The predicted octanol–water partition coefficient (Wildman–Crippen LogP) is 6.76. The van der Waals surface area contributed by atoms with E-state index in [4.69, 9.17) is 0 Å². The highest BCUT2D eigenvalue weighted by atomic mass is 19.1. The smallest absolute Gasteiger partial charge is 0.305 e. The van der Waals surface area contributed by atoms with Crippen molar-refractivity contribution in [2.75, 3.05) is 43.4 Å². The van der Waals surface area contributed by atoms with Gasteiger partial charge in [-0.3, -0.25) is 14.4 Å². The van der Waals surface area contributed by atoms with Crippen molar-refractivity contribution < 1.29 is 23.9 Å². The van der Waals surface area contributed by atoms with E-state index < -0.39 is 17.8 Å². The SMILES string of the molecule is Cc1cccc(C(=O)Nc2cc(-c3cccc(CN(C(=O)C4CC4)C(CC(=O)O)c4ccc(F)cc4)c3)ccc2N2CCN(C)CC2)c1. The Morgan fingerprint density at radius 3 is 2.29 bits per heavy atom. The van der Waals surface area contributed by atoms with Crippen LogP contribution in [0.15, 0.2) is 91.0 Å². The Bertz CT molecular complexity index is 1800. The van der Waals surface area contributed by atoms with Crippen LogP contribution in [-0.2, 0) is 16.1 Å². The molecule has 1 atom stereocenters. The Balaban J connectivity index is 1.32. The van der Waals surface area contributed by atoms with Crippen LogP contribution in [0.25, 0.3) is 11.1 Å². The van der Waals surface area contributed by atoms with E-state index in [2.05, 4.69) is 28.2 Å². The molecule has 4 aromatic carbocycles. The minimum Gasteiger partial charge on any atom is -0.481 e. The number of aryl methyl sites for hydroxylation is 1. The number of halogens is 1. The van der Waals surface area contributed by atoms with Gasteiger partial charge in [0.2, 0.25) is 5.91 Å². The highest BCUT2D eigenvalue weighted by Crippen LogP contribution is 2.37. The molecule has 248 valence electrons. The Labute approximate surface area is 280 Å². The number of carbonyl (C=O) groups excluding carboxylic acids is 2. The summed E-state index contributed by atoms with van der Waals surface area (Å²) in [6.45, 7) is 5.69. The number of carboxylic acids is 1. The number of nitrogens with zero attached hydrogens (tertiary/aromatic N) is 3. The molecule has 2 aliphatic rings. The molecule has 9 heteroatoms.